The van der Waals surface area contributed by atoms with E-state index < -0.39 is 10.8 Å². The quantitative estimate of drug-likeness (QED) is 0.749. The van der Waals surface area contributed by atoms with E-state index in [2.05, 4.69) is 6.92 Å². The average Bonchev–Trinajstić information content (AvgIpc) is 3.22. The van der Waals surface area contributed by atoms with Crippen molar-refractivity contribution in [1.29, 1.82) is 0 Å². The molecule has 0 aromatic heterocycles. The summed E-state index contributed by atoms with van der Waals surface area (Å²) < 4.78 is 0. The van der Waals surface area contributed by atoms with Crippen LogP contribution in [0.1, 0.15) is 46.0 Å². The minimum Gasteiger partial charge on any atom is -0.395 e. The fraction of sp³-hybridized carbons (Fsp3) is 0.842. The van der Waals surface area contributed by atoms with E-state index in [0.717, 1.165) is 19.3 Å². The summed E-state index contributed by atoms with van der Waals surface area (Å²) in [6.45, 7) is 3.97. The topological polar surface area (TPSA) is 71.4 Å². The van der Waals surface area contributed by atoms with Crippen molar-refractivity contribution in [3.8, 4) is 0 Å². The molecule has 1 N–H and O–H groups in total. The van der Waals surface area contributed by atoms with Crippen LogP contribution in [0.15, 0.2) is 0 Å². The van der Waals surface area contributed by atoms with E-state index >= 15 is 0 Å². The first-order chi connectivity index (χ1) is 10.8. The van der Waals surface area contributed by atoms with Crippen molar-refractivity contribution >= 4 is 17.3 Å². The van der Waals surface area contributed by atoms with Gasteiger partial charge in [0.15, 0.2) is 11.6 Å². The van der Waals surface area contributed by atoms with Gasteiger partial charge in [0.2, 0.25) is 0 Å². The van der Waals surface area contributed by atoms with Gasteiger partial charge in [-0.25, -0.2) is 0 Å². The molecular formula is C19H24O4. The third-order valence-electron chi connectivity index (χ3n) is 8.80. The number of ketones is 3. The summed E-state index contributed by atoms with van der Waals surface area (Å²) in [6.07, 6.45) is 3.54. The van der Waals surface area contributed by atoms with Crippen LogP contribution in [0.3, 0.4) is 0 Å². The van der Waals surface area contributed by atoms with Crippen LogP contribution < -0.4 is 0 Å². The van der Waals surface area contributed by atoms with Gasteiger partial charge in [0.1, 0.15) is 5.78 Å². The van der Waals surface area contributed by atoms with Gasteiger partial charge in [-0.05, 0) is 48.9 Å². The third kappa shape index (κ3) is 1.24. The van der Waals surface area contributed by atoms with Gasteiger partial charge in [0.25, 0.3) is 0 Å². The molecule has 0 heterocycles. The van der Waals surface area contributed by atoms with E-state index in [1.165, 1.54) is 0 Å². The molecule has 0 amide bonds. The van der Waals surface area contributed by atoms with Crippen LogP contribution >= 0.6 is 0 Å². The van der Waals surface area contributed by atoms with E-state index in [9.17, 15) is 19.5 Å². The van der Waals surface area contributed by atoms with E-state index in [-0.39, 0.29) is 59.0 Å². The van der Waals surface area contributed by atoms with Crippen molar-refractivity contribution in [1.82, 2.24) is 0 Å². The second kappa shape index (κ2) is 3.79. The third-order valence-corrected chi connectivity index (χ3v) is 8.80. The first-order valence-corrected chi connectivity index (χ1v) is 9.05. The van der Waals surface area contributed by atoms with Gasteiger partial charge in [-0.15, -0.1) is 0 Å². The lowest BCUT2D eigenvalue weighted by Crippen LogP contribution is -2.64. The molecule has 0 aromatic carbocycles. The zero-order chi connectivity index (χ0) is 16.4. The molecule has 6 fully saturated rings. The Labute approximate surface area is 136 Å². The molecule has 6 aliphatic carbocycles. The molecule has 4 heteroatoms. The Hall–Kier alpha value is -1.03. The summed E-state index contributed by atoms with van der Waals surface area (Å²) in [5, 5.41) is 9.95. The second-order valence-corrected chi connectivity index (χ2v) is 9.30. The first kappa shape index (κ1) is 14.3. The summed E-state index contributed by atoms with van der Waals surface area (Å²) in [4.78, 5) is 38.4. The molecule has 124 valence electrons. The Morgan fingerprint density at radius 2 is 1.70 bits per heavy atom. The molecule has 6 aliphatic rings. The van der Waals surface area contributed by atoms with Gasteiger partial charge in [-0.3, -0.25) is 14.4 Å². The fourth-order valence-electron chi connectivity index (χ4n) is 7.57. The molecule has 0 radical (unpaired) electrons. The number of aliphatic hydroxyl groups excluding tert-OH is 1. The fourth-order valence-corrected chi connectivity index (χ4v) is 7.57. The Kier molecular flexibility index (Phi) is 2.36. The van der Waals surface area contributed by atoms with Gasteiger partial charge in [0, 0.05) is 18.3 Å². The molecule has 4 bridgehead atoms. The van der Waals surface area contributed by atoms with Crippen LogP contribution in [0.2, 0.25) is 0 Å². The Balaban J connectivity index is 1.63. The number of carbonyl (C=O) groups is 3. The van der Waals surface area contributed by atoms with E-state index in [4.69, 9.17) is 0 Å². The second-order valence-electron chi connectivity index (χ2n) is 9.30. The largest absolute Gasteiger partial charge is 0.395 e. The van der Waals surface area contributed by atoms with Crippen molar-refractivity contribution in [3.05, 3.63) is 0 Å². The number of carbonyl (C=O) groups excluding carboxylic acids is 3. The molecule has 0 aromatic rings. The summed E-state index contributed by atoms with van der Waals surface area (Å²) in [6, 6.07) is 0. The number of hydrogen-bond acceptors (Lipinski definition) is 4. The first-order valence-electron chi connectivity index (χ1n) is 9.05. The highest BCUT2D eigenvalue weighted by atomic mass is 16.3. The van der Waals surface area contributed by atoms with Crippen LogP contribution in [-0.4, -0.2) is 29.1 Å². The maximum atomic E-state index is 12.9. The molecule has 4 nitrogen and oxygen atoms in total. The van der Waals surface area contributed by atoms with Crippen LogP contribution in [0.5, 0.6) is 0 Å². The zero-order valence-electron chi connectivity index (χ0n) is 13.8. The summed E-state index contributed by atoms with van der Waals surface area (Å²) in [7, 11) is 0. The highest BCUT2D eigenvalue weighted by Crippen LogP contribution is 2.77. The average molecular weight is 316 g/mol. The normalized spacial score (nSPS) is 59.6. The van der Waals surface area contributed by atoms with Crippen molar-refractivity contribution in [2.75, 3.05) is 6.61 Å². The molecule has 6 unspecified atom stereocenters. The zero-order valence-corrected chi connectivity index (χ0v) is 13.8. The molecule has 6 saturated carbocycles. The van der Waals surface area contributed by atoms with Crippen molar-refractivity contribution in [3.63, 3.8) is 0 Å². The monoisotopic (exact) mass is 316 g/mol. The predicted octanol–water partition coefficient (Wildman–Crippen LogP) is 1.78. The standard InChI is InChI=1S/C19H24O4/c1-17-5-4-12(21)18(2,8-20)10(17)3-6-19-11(17)7-9-13(15(19)22)14(9)16(19)23/h9-11,13-14,20H,3-8H2,1-2H3. The molecule has 1 spiro atoms. The molecular weight excluding hydrogens is 292 g/mol. The predicted molar refractivity (Wildman–Crippen MR) is 81.3 cm³/mol. The van der Waals surface area contributed by atoms with Crippen LogP contribution in [0.25, 0.3) is 0 Å². The number of rotatable bonds is 1. The maximum Gasteiger partial charge on any atom is 0.150 e. The van der Waals surface area contributed by atoms with E-state index in [1.807, 2.05) is 6.92 Å². The highest BCUT2D eigenvalue weighted by molar-refractivity contribution is 6.20. The van der Waals surface area contributed by atoms with Gasteiger partial charge >= 0.3 is 0 Å². The minimum atomic E-state index is -0.730. The number of Topliss-reactive ketones (excluding diaryl/α,β-unsaturated/α-hetero) is 3. The summed E-state index contributed by atoms with van der Waals surface area (Å²) in [5.74, 6) is 1.16. The molecule has 0 saturated heterocycles. The van der Waals surface area contributed by atoms with Crippen molar-refractivity contribution in [2.45, 2.75) is 46.0 Å². The lowest BCUT2D eigenvalue weighted by Gasteiger charge is -2.63. The Bertz CT molecular complexity index is 644. The minimum absolute atomic E-state index is 0.0355. The van der Waals surface area contributed by atoms with Gasteiger partial charge in [0.05, 0.1) is 17.4 Å². The number of aliphatic hydroxyl groups is 1. The Morgan fingerprint density at radius 1 is 1.04 bits per heavy atom. The van der Waals surface area contributed by atoms with E-state index in [1.54, 1.807) is 0 Å². The Morgan fingerprint density at radius 3 is 2.30 bits per heavy atom. The highest BCUT2D eigenvalue weighted by Gasteiger charge is 2.82. The van der Waals surface area contributed by atoms with Crippen LogP contribution in [0.4, 0.5) is 0 Å². The van der Waals surface area contributed by atoms with Crippen molar-refractivity contribution < 1.29 is 19.5 Å². The SMILES string of the molecule is CC1(CO)C(=O)CCC2(C)C1CCC13C(=O)C4C(CC12)C4C3=O. The molecule has 0 aliphatic heterocycles. The van der Waals surface area contributed by atoms with Crippen LogP contribution in [-0.2, 0) is 14.4 Å². The van der Waals surface area contributed by atoms with Crippen molar-refractivity contribution in [2.24, 2.45) is 45.8 Å². The lowest BCUT2D eigenvalue weighted by atomic mass is 9.39. The number of hydrogen-bond donors (Lipinski definition) is 1. The van der Waals surface area contributed by atoms with Gasteiger partial charge in [-0.2, -0.15) is 0 Å². The summed E-state index contributed by atoms with van der Waals surface area (Å²) in [5.41, 5.74) is -1.61. The maximum absolute atomic E-state index is 12.9. The van der Waals surface area contributed by atoms with Crippen LogP contribution in [0, 0.1) is 45.8 Å². The lowest BCUT2D eigenvalue weighted by molar-refractivity contribution is -0.184. The van der Waals surface area contributed by atoms with Gasteiger partial charge < -0.3 is 5.11 Å². The molecule has 6 atom stereocenters. The van der Waals surface area contributed by atoms with E-state index in [0.29, 0.717) is 12.8 Å². The number of fused-ring (bicyclic) bond motifs is 1. The molecule has 23 heavy (non-hydrogen) atoms. The van der Waals surface area contributed by atoms with Gasteiger partial charge in [-0.1, -0.05) is 13.8 Å². The smallest absolute Gasteiger partial charge is 0.150 e. The summed E-state index contributed by atoms with van der Waals surface area (Å²) >= 11 is 0. The molecule has 6 rings (SSSR count).